The number of ether oxygens (including phenoxy) is 1. The van der Waals surface area contributed by atoms with Crippen LogP contribution in [0.1, 0.15) is 30.9 Å². The van der Waals surface area contributed by atoms with Gasteiger partial charge in [0.2, 0.25) is 0 Å². The van der Waals surface area contributed by atoms with Gasteiger partial charge in [0, 0.05) is 26.2 Å². The van der Waals surface area contributed by atoms with Crippen LogP contribution >= 0.6 is 12.4 Å². The number of hydrogen-bond donors (Lipinski definition) is 0. The van der Waals surface area contributed by atoms with Gasteiger partial charge in [-0.2, -0.15) is 0 Å². The average Bonchev–Trinajstić information content (AvgIpc) is 2.70. The van der Waals surface area contributed by atoms with Crippen molar-refractivity contribution in [1.29, 1.82) is 0 Å². The maximum atomic E-state index is 6.58. The molecule has 0 aliphatic rings. The fourth-order valence-corrected chi connectivity index (χ4v) is 3.32. The monoisotopic (exact) mass is 385 g/mol. The smallest absolute Gasteiger partial charge is 0.119 e. The summed E-state index contributed by atoms with van der Waals surface area (Å²) in [6.45, 7) is 13.3. The van der Waals surface area contributed by atoms with E-state index < -0.39 is 5.60 Å². The van der Waals surface area contributed by atoms with Crippen LogP contribution in [0.5, 0.6) is 0 Å². The van der Waals surface area contributed by atoms with Crippen molar-refractivity contribution in [1.82, 2.24) is 4.90 Å². The van der Waals surface area contributed by atoms with Crippen molar-refractivity contribution in [3.05, 3.63) is 97.1 Å². The van der Waals surface area contributed by atoms with Crippen LogP contribution in [0.25, 0.3) is 0 Å². The van der Waals surface area contributed by atoms with Crippen molar-refractivity contribution >= 4 is 12.4 Å². The molecule has 0 aliphatic carbocycles. The lowest BCUT2D eigenvalue weighted by molar-refractivity contribution is -0.0294. The van der Waals surface area contributed by atoms with E-state index in [2.05, 4.69) is 85.6 Å². The Kier molecular flexibility index (Phi) is 10.7. The molecule has 2 rings (SSSR count). The second-order valence-corrected chi connectivity index (χ2v) is 6.49. The molecule has 0 amide bonds. The van der Waals surface area contributed by atoms with E-state index in [0.717, 1.165) is 39.1 Å². The van der Waals surface area contributed by atoms with Crippen LogP contribution in [-0.4, -0.2) is 31.1 Å². The van der Waals surface area contributed by atoms with Gasteiger partial charge in [-0.05, 0) is 24.0 Å². The van der Waals surface area contributed by atoms with Crippen molar-refractivity contribution in [2.24, 2.45) is 0 Å². The summed E-state index contributed by atoms with van der Waals surface area (Å²) >= 11 is 0. The van der Waals surface area contributed by atoms with Gasteiger partial charge in [0.1, 0.15) is 5.60 Å². The van der Waals surface area contributed by atoms with Gasteiger partial charge in [-0.25, -0.2) is 0 Å². The Hall–Kier alpha value is -1.87. The highest BCUT2D eigenvalue weighted by molar-refractivity contribution is 5.85. The normalized spacial score (nSPS) is 11.0. The average molecular weight is 386 g/mol. The molecular formula is C24H32ClNO. The lowest BCUT2D eigenvalue weighted by atomic mass is 9.83. The molecule has 0 bridgehead atoms. The highest BCUT2D eigenvalue weighted by Crippen LogP contribution is 2.37. The van der Waals surface area contributed by atoms with E-state index in [1.165, 1.54) is 11.1 Å². The molecule has 3 heteroatoms. The summed E-state index contributed by atoms with van der Waals surface area (Å²) in [6, 6.07) is 21.2. The molecule has 2 aromatic carbocycles. The molecule has 0 saturated carbocycles. The van der Waals surface area contributed by atoms with Crippen molar-refractivity contribution in [3.8, 4) is 0 Å². The molecule has 0 fully saturated rings. The molecule has 0 aliphatic heterocycles. The Labute approximate surface area is 171 Å². The molecule has 2 aromatic rings. The third-order valence-electron chi connectivity index (χ3n) is 4.59. The lowest BCUT2D eigenvalue weighted by Gasteiger charge is -2.37. The maximum absolute atomic E-state index is 6.58. The van der Waals surface area contributed by atoms with E-state index in [-0.39, 0.29) is 12.4 Å². The van der Waals surface area contributed by atoms with Gasteiger partial charge in [-0.15, -0.1) is 25.6 Å². The first-order chi connectivity index (χ1) is 12.8. The highest BCUT2D eigenvalue weighted by atomic mass is 35.5. The third kappa shape index (κ3) is 6.35. The largest absolute Gasteiger partial charge is 0.366 e. The minimum atomic E-state index is -0.445. The van der Waals surface area contributed by atoms with Gasteiger partial charge >= 0.3 is 0 Å². The van der Waals surface area contributed by atoms with Gasteiger partial charge in [0.25, 0.3) is 0 Å². The molecule has 0 saturated heterocycles. The van der Waals surface area contributed by atoms with Crippen LogP contribution < -0.4 is 0 Å². The molecule has 27 heavy (non-hydrogen) atoms. The van der Waals surface area contributed by atoms with Crippen LogP contribution in [0, 0.1) is 0 Å². The van der Waals surface area contributed by atoms with E-state index in [9.17, 15) is 0 Å². The summed E-state index contributed by atoms with van der Waals surface area (Å²) in [5.74, 6) is 0. The highest BCUT2D eigenvalue weighted by Gasteiger charge is 2.35. The van der Waals surface area contributed by atoms with Crippen LogP contribution in [0.2, 0.25) is 0 Å². The molecule has 0 unspecified atom stereocenters. The Morgan fingerprint density at radius 2 is 1.37 bits per heavy atom. The minimum absolute atomic E-state index is 0. The van der Waals surface area contributed by atoms with Crippen molar-refractivity contribution in [3.63, 3.8) is 0 Å². The summed E-state index contributed by atoms with van der Waals surface area (Å²) in [5, 5.41) is 0. The second kappa shape index (κ2) is 12.5. The Morgan fingerprint density at radius 1 is 0.889 bits per heavy atom. The Bertz CT molecular complexity index is 607. The molecule has 2 nitrogen and oxygen atoms in total. The zero-order valence-electron chi connectivity index (χ0n) is 16.3. The molecular weight excluding hydrogens is 354 g/mol. The Balaban J connectivity index is 0.00000364. The fraction of sp³-hybridized carbons (Fsp3) is 0.333. The molecule has 0 atom stereocenters. The van der Waals surface area contributed by atoms with Crippen molar-refractivity contribution in [2.75, 3.05) is 26.2 Å². The summed E-state index contributed by atoms with van der Waals surface area (Å²) in [4.78, 5) is 2.34. The first-order valence-electron chi connectivity index (χ1n) is 9.46. The van der Waals surface area contributed by atoms with E-state index in [4.69, 9.17) is 4.74 Å². The topological polar surface area (TPSA) is 12.5 Å². The summed E-state index contributed by atoms with van der Waals surface area (Å²) in [7, 11) is 0. The number of benzene rings is 2. The van der Waals surface area contributed by atoms with Crippen LogP contribution in [0.3, 0.4) is 0 Å². The molecule has 0 heterocycles. The van der Waals surface area contributed by atoms with E-state index in [1.807, 2.05) is 12.2 Å². The second-order valence-electron chi connectivity index (χ2n) is 6.49. The predicted molar refractivity (Wildman–Crippen MR) is 119 cm³/mol. The number of rotatable bonds is 12. The Morgan fingerprint density at radius 3 is 1.78 bits per heavy atom. The number of hydrogen-bond acceptors (Lipinski definition) is 2. The maximum Gasteiger partial charge on any atom is 0.119 e. The first kappa shape index (κ1) is 23.2. The van der Waals surface area contributed by atoms with Crippen LogP contribution in [0.15, 0.2) is 86.0 Å². The quantitative estimate of drug-likeness (QED) is 0.425. The standard InChI is InChI=1S/C24H31NO.ClH/c1-4-18-25(19-5-2)20-17-24(26-21-6-3,22-13-9-7-10-14-22)23-15-11-8-12-16-23;/h4-5,7-16H,1-2,6,17-21H2,3H3;1H. The van der Waals surface area contributed by atoms with Crippen molar-refractivity contribution < 1.29 is 4.74 Å². The summed E-state index contributed by atoms with van der Waals surface area (Å²) in [6.07, 6.45) is 5.76. The van der Waals surface area contributed by atoms with E-state index >= 15 is 0 Å². The van der Waals surface area contributed by atoms with Gasteiger partial charge in [0.05, 0.1) is 0 Å². The van der Waals surface area contributed by atoms with Gasteiger partial charge in [0.15, 0.2) is 0 Å². The summed E-state index contributed by atoms with van der Waals surface area (Å²) < 4.78 is 6.58. The molecule has 0 spiro atoms. The molecule has 0 aromatic heterocycles. The van der Waals surface area contributed by atoms with Gasteiger partial charge in [-0.3, -0.25) is 4.90 Å². The predicted octanol–water partition coefficient (Wildman–Crippen LogP) is 5.84. The lowest BCUT2D eigenvalue weighted by Crippen LogP contribution is -2.37. The minimum Gasteiger partial charge on any atom is -0.366 e. The van der Waals surface area contributed by atoms with Crippen LogP contribution in [0.4, 0.5) is 0 Å². The van der Waals surface area contributed by atoms with Crippen molar-refractivity contribution in [2.45, 2.75) is 25.4 Å². The zero-order valence-corrected chi connectivity index (χ0v) is 17.2. The fourth-order valence-electron chi connectivity index (χ4n) is 3.32. The first-order valence-corrected chi connectivity index (χ1v) is 9.46. The van der Waals surface area contributed by atoms with Gasteiger partial charge in [-0.1, -0.05) is 79.7 Å². The van der Waals surface area contributed by atoms with E-state index in [1.54, 1.807) is 0 Å². The SMILES string of the molecule is C=CCN(CC=C)CCC(OCCC)(c1ccccc1)c1ccccc1.Cl. The molecule has 146 valence electrons. The van der Waals surface area contributed by atoms with E-state index in [0.29, 0.717) is 0 Å². The van der Waals surface area contributed by atoms with Crippen LogP contribution in [-0.2, 0) is 10.3 Å². The third-order valence-corrected chi connectivity index (χ3v) is 4.59. The van der Waals surface area contributed by atoms with Gasteiger partial charge < -0.3 is 4.74 Å². The molecule has 0 radical (unpaired) electrons. The summed E-state index contributed by atoms with van der Waals surface area (Å²) in [5.41, 5.74) is 1.97. The molecule has 0 N–H and O–H groups in total. The zero-order chi connectivity index (χ0) is 18.7. The number of halogens is 1. The number of nitrogens with zero attached hydrogens (tertiary/aromatic N) is 1.